The third-order valence-electron chi connectivity index (χ3n) is 11.3. The summed E-state index contributed by atoms with van der Waals surface area (Å²) in [4.78, 5) is 2.40. The van der Waals surface area contributed by atoms with Crippen LogP contribution in [0.3, 0.4) is 0 Å². The van der Waals surface area contributed by atoms with Gasteiger partial charge in [0.05, 0.1) is 21.4 Å². The van der Waals surface area contributed by atoms with Crippen LogP contribution in [0.2, 0.25) is 0 Å². The third-order valence-corrected chi connectivity index (χ3v) is 12.6. The van der Waals surface area contributed by atoms with Gasteiger partial charge in [-0.15, -0.1) is 11.3 Å². The van der Waals surface area contributed by atoms with Crippen molar-refractivity contribution in [1.29, 1.82) is 0 Å². The van der Waals surface area contributed by atoms with E-state index in [2.05, 4.69) is 191 Å². The third kappa shape index (κ3) is 4.76. The minimum atomic E-state index is 0.890. The highest BCUT2D eigenvalue weighted by Gasteiger charge is 2.20. The number of hydrogen-bond acceptors (Lipinski definition) is 3. The Morgan fingerprint density at radius 1 is 0.411 bits per heavy atom. The second-order valence-corrected chi connectivity index (χ2v) is 15.6. The SMILES string of the molecule is c1cc(-c2ccc(N(c3ccc4oc5ccccc5c4c3)c3cccc4c3sc3ccccc34)cc2)cc(-n2c3ccccc3c3cc4ccccc4cc32)c1. The molecule has 3 aromatic heterocycles. The molecule has 0 radical (unpaired) electrons. The Labute approximate surface area is 326 Å². The molecule has 0 aliphatic heterocycles. The van der Waals surface area contributed by atoms with Crippen molar-refractivity contribution in [2.24, 2.45) is 0 Å². The van der Waals surface area contributed by atoms with Crippen molar-refractivity contribution in [1.82, 2.24) is 4.57 Å². The molecule has 0 unspecified atom stereocenters. The molecule has 12 aromatic rings. The molecule has 0 atom stereocenters. The molecule has 56 heavy (non-hydrogen) atoms. The summed E-state index contributed by atoms with van der Waals surface area (Å²) in [6, 6.07) is 70.3. The van der Waals surface area contributed by atoms with Gasteiger partial charge in [-0.3, -0.25) is 0 Å². The standard InChI is InChI=1S/C52H32N2OS/c1-2-12-36-31-48-44(30-35(36)11-1)40-15-3-6-19-46(40)54(48)38-14-9-13-34(29-38)33-23-25-37(26-24-33)53(39-27-28-50-45(32-39)41-16-4-7-21-49(41)55-50)47-20-10-18-43-42-17-5-8-22-51(42)56-52(43)47/h1-32H. The van der Waals surface area contributed by atoms with Crippen molar-refractivity contribution >= 4 is 103 Å². The fraction of sp³-hybridized carbons (Fsp3) is 0. The molecule has 0 fully saturated rings. The highest BCUT2D eigenvalue weighted by Crippen LogP contribution is 2.46. The number of nitrogens with zero attached hydrogens (tertiary/aromatic N) is 2. The van der Waals surface area contributed by atoms with Crippen LogP contribution in [0.4, 0.5) is 17.1 Å². The summed E-state index contributed by atoms with van der Waals surface area (Å²) in [6.07, 6.45) is 0. The zero-order chi connectivity index (χ0) is 36.7. The van der Waals surface area contributed by atoms with E-state index in [1.165, 1.54) is 58.3 Å². The molecule has 0 spiro atoms. The van der Waals surface area contributed by atoms with Gasteiger partial charge in [-0.1, -0.05) is 115 Å². The second kappa shape index (κ2) is 12.2. The first-order valence-electron chi connectivity index (χ1n) is 19.0. The van der Waals surface area contributed by atoms with E-state index in [9.17, 15) is 0 Å². The number of fused-ring (bicyclic) bond motifs is 10. The maximum Gasteiger partial charge on any atom is 0.135 e. The van der Waals surface area contributed by atoms with Crippen molar-refractivity contribution in [2.75, 3.05) is 4.90 Å². The Hall–Kier alpha value is -7.14. The molecule has 0 bridgehead atoms. The zero-order valence-electron chi connectivity index (χ0n) is 30.2. The molecular formula is C52H32N2OS. The smallest absolute Gasteiger partial charge is 0.135 e. The number of benzene rings is 9. The van der Waals surface area contributed by atoms with Crippen molar-refractivity contribution < 1.29 is 4.42 Å². The molecule has 0 saturated carbocycles. The van der Waals surface area contributed by atoms with Crippen LogP contribution in [0.5, 0.6) is 0 Å². The van der Waals surface area contributed by atoms with E-state index < -0.39 is 0 Å². The van der Waals surface area contributed by atoms with E-state index >= 15 is 0 Å². The van der Waals surface area contributed by atoms with Gasteiger partial charge in [0, 0.05) is 54.1 Å². The van der Waals surface area contributed by atoms with Crippen LogP contribution in [0, 0.1) is 0 Å². The topological polar surface area (TPSA) is 21.3 Å². The largest absolute Gasteiger partial charge is 0.456 e. The Kier molecular flexibility index (Phi) is 6.80. The van der Waals surface area contributed by atoms with E-state index in [0.29, 0.717) is 0 Å². The lowest BCUT2D eigenvalue weighted by Gasteiger charge is -2.26. The number of hydrogen-bond donors (Lipinski definition) is 0. The first-order chi connectivity index (χ1) is 27.7. The van der Waals surface area contributed by atoms with Gasteiger partial charge in [-0.25, -0.2) is 0 Å². The second-order valence-electron chi connectivity index (χ2n) is 14.5. The predicted octanol–water partition coefficient (Wildman–Crippen LogP) is 15.3. The monoisotopic (exact) mass is 732 g/mol. The molecule has 9 aromatic carbocycles. The van der Waals surface area contributed by atoms with Crippen LogP contribution in [0.15, 0.2) is 199 Å². The van der Waals surface area contributed by atoms with Crippen LogP contribution < -0.4 is 4.90 Å². The summed E-state index contributed by atoms with van der Waals surface area (Å²) in [7, 11) is 0. The number of para-hydroxylation sites is 2. The fourth-order valence-corrected chi connectivity index (χ4v) is 9.96. The summed E-state index contributed by atoms with van der Waals surface area (Å²) in [5, 5.41) is 9.82. The number of thiophene rings is 1. The van der Waals surface area contributed by atoms with Crippen LogP contribution >= 0.6 is 11.3 Å². The summed E-state index contributed by atoms with van der Waals surface area (Å²) in [6.45, 7) is 0. The Balaban J connectivity index is 1.01. The summed E-state index contributed by atoms with van der Waals surface area (Å²) >= 11 is 1.85. The normalized spacial score (nSPS) is 11.9. The van der Waals surface area contributed by atoms with Gasteiger partial charge in [-0.05, 0) is 101 Å². The summed E-state index contributed by atoms with van der Waals surface area (Å²) < 4.78 is 11.2. The highest BCUT2D eigenvalue weighted by molar-refractivity contribution is 7.26. The molecule has 12 rings (SSSR count). The lowest BCUT2D eigenvalue weighted by atomic mass is 10.0. The van der Waals surface area contributed by atoms with Crippen molar-refractivity contribution in [2.45, 2.75) is 0 Å². The summed E-state index contributed by atoms with van der Waals surface area (Å²) in [5.41, 5.74) is 11.0. The van der Waals surface area contributed by atoms with Gasteiger partial charge < -0.3 is 13.9 Å². The molecule has 0 aliphatic carbocycles. The van der Waals surface area contributed by atoms with Crippen LogP contribution in [-0.2, 0) is 0 Å². The fourth-order valence-electron chi connectivity index (χ4n) is 8.75. The molecule has 4 heteroatoms. The van der Waals surface area contributed by atoms with Crippen LogP contribution in [0.25, 0.3) is 91.5 Å². The average Bonchev–Trinajstić information content (AvgIpc) is 3.93. The Morgan fingerprint density at radius 2 is 1.11 bits per heavy atom. The minimum Gasteiger partial charge on any atom is -0.456 e. The minimum absolute atomic E-state index is 0.890. The van der Waals surface area contributed by atoms with E-state index in [-0.39, 0.29) is 0 Å². The van der Waals surface area contributed by atoms with Gasteiger partial charge >= 0.3 is 0 Å². The van der Waals surface area contributed by atoms with Gasteiger partial charge in [-0.2, -0.15) is 0 Å². The molecule has 0 saturated heterocycles. The highest BCUT2D eigenvalue weighted by atomic mass is 32.1. The van der Waals surface area contributed by atoms with E-state index in [1.54, 1.807) is 0 Å². The van der Waals surface area contributed by atoms with Gasteiger partial charge in [0.25, 0.3) is 0 Å². The van der Waals surface area contributed by atoms with Gasteiger partial charge in [0.15, 0.2) is 0 Å². The Morgan fingerprint density at radius 3 is 2.00 bits per heavy atom. The maximum atomic E-state index is 6.26. The number of furan rings is 1. The van der Waals surface area contributed by atoms with Gasteiger partial charge in [0.2, 0.25) is 0 Å². The van der Waals surface area contributed by atoms with Crippen LogP contribution in [-0.4, -0.2) is 4.57 Å². The first kappa shape index (κ1) is 31.2. The molecule has 0 amide bonds. The number of anilines is 3. The van der Waals surface area contributed by atoms with Gasteiger partial charge in [0.1, 0.15) is 11.2 Å². The van der Waals surface area contributed by atoms with E-state index in [1.807, 2.05) is 23.5 Å². The van der Waals surface area contributed by atoms with E-state index in [4.69, 9.17) is 4.42 Å². The van der Waals surface area contributed by atoms with Crippen molar-refractivity contribution in [3.63, 3.8) is 0 Å². The molecule has 0 N–H and O–H groups in total. The predicted molar refractivity (Wildman–Crippen MR) is 239 cm³/mol. The van der Waals surface area contributed by atoms with Crippen LogP contribution in [0.1, 0.15) is 0 Å². The zero-order valence-corrected chi connectivity index (χ0v) is 31.0. The molecule has 0 aliphatic rings. The maximum absolute atomic E-state index is 6.26. The average molecular weight is 733 g/mol. The molecule has 3 heterocycles. The molecule has 262 valence electrons. The van der Waals surface area contributed by atoms with E-state index in [0.717, 1.165) is 50.3 Å². The first-order valence-corrected chi connectivity index (χ1v) is 19.8. The molecule has 3 nitrogen and oxygen atoms in total. The lowest BCUT2D eigenvalue weighted by Crippen LogP contribution is -2.10. The quantitative estimate of drug-likeness (QED) is 0.176. The molecular weight excluding hydrogens is 701 g/mol. The van der Waals surface area contributed by atoms with Crippen molar-refractivity contribution in [3.8, 4) is 16.8 Å². The Bertz CT molecular complexity index is 3500. The number of aromatic nitrogens is 1. The van der Waals surface area contributed by atoms with Crippen molar-refractivity contribution in [3.05, 3.63) is 194 Å². The lowest BCUT2D eigenvalue weighted by molar-refractivity contribution is 0.669. The number of rotatable bonds is 5. The summed E-state index contributed by atoms with van der Waals surface area (Å²) in [5.74, 6) is 0.